The predicted octanol–water partition coefficient (Wildman–Crippen LogP) is 2.69. The minimum absolute atomic E-state index is 0.0344. The van der Waals surface area contributed by atoms with E-state index < -0.39 is 34.2 Å². The largest absolute Gasteiger partial charge is 0.463 e. The number of sulfone groups is 1. The maximum atomic E-state index is 13.0. The van der Waals surface area contributed by atoms with Gasteiger partial charge >= 0.3 is 12.1 Å². The Bertz CT molecular complexity index is 1190. The molecule has 2 N–H and O–H groups in total. The molecule has 2 rings (SSSR count). The summed E-state index contributed by atoms with van der Waals surface area (Å²) in [5.74, 6) is -0.636. The van der Waals surface area contributed by atoms with E-state index in [4.69, 9.17) is 10.5 Å². The highest BCUT2D eigenvalue weighted by Crippen LogP contribution is 2.24. The summed E-state index contributed by atoms with van der Waals surface area (Å²) in [7, 11) is -3.49. The number of benzene rings is 1. The van der Waals surface area contributed by atoms with E-state index in [0.717, 1.165) is 30.9 Å². The first-order valence-corrected chi connectivity index (χ1v) is 13.1. The van der Waals surface area contributed by atoms with Crippen LogP contribution in [0.15, 0.2) is 45.9 Å². The van der Waals surface area contributed by atoms with Crippen molar-refractivity contribution in [2.24, 2.45) is 10.7 Å². The van der Waals surface area contributed by atoms with Gasteiger partial charge in [0.2, 0.25) is 0 Å². The van der Waals surface area contributed by atoms with Crippen molar-refractivity contribution < 1.29 is 31.1 Å². The molecule has 0 fully saturated rings. The fraction of sp³-hybridized carbons (Fsp3) is 0.429. The first-order chi connectivity index (χ1) is 16.3. The van der Waals surface area contributed by atoms with E-state index in [0.29, 0.717) is 18.2 Å². The summed E-state index contributed by atoms with van der Waals surface area (Å²) in [6.07, 6.45) is -3.20. The average molecular weight is 534 g/mol. The number of hydrogen-bond acceptors (Lipinski definition) is 10. The molecule has 0 atom stereocenters. The third-order valence-electron chi connectivity index (χ3n) is 4.73. The number of halogens is 3. The van der Waals surface area contributed by atoms with Crippen molar-refractivity contribution in [3.63, 3.8) is 0 Å². The lowest BCUT2D eigenvalue weighted by Crippen LogP contribution is -2.28. The second-order valence-electron chi connectivity index (χ2n) is 7.27. The molecule has 0 saturated carbocycles. The van der Waals surface area contributed by atoms with Gasteiger partial charge in [-0.25, -0.2) is 13.4 Å². The van der Waals surface area contributed by atoms with Crippen molar-refractivity contribution in [3.05, 3.63) is 41.0 Å². The number of esters is 1. The number of likely N-dealkylation sites (N-methyl/N-ethyl adjacent to an activating group) is 1. The van der Waals surface area contributed by atoms with E-state index in [1.165, 1.54) is 18.2 Å². The molecule has 192 valence electrons. The molecule has 14 heteroatoms. The summed E-state index contributed by atoms with van der Waals surface area (Å²) >= 11 is 0.730. The fourth-order valence-electron chi connectivity index (χ4n) is 2.74. The van der Waals surface area contributed by atoms with E-state index in [-0.39, 0.29) is 28.0 Å². The summed E-state index contributed by atoms with van der Waals surface area (Å²) in [6, 6.07) is 5.81. The topological polar surface area (TPSA) is 128 Å². The highest BCUT2D eigenvalue weighted by Gasteiger charge is 2.32. The maximum Gasteiger partial charge on any atom is 0.430 e. The molecule has 0 amide bonds. The standard InChI is InChI=1S/C21H26F3N5O4S2/c1-4-29(5-2)9-10-33-18(30)13-26-16(12-17(25)21(22,23)24)20-27-19(28-34-20)14-7-6-8-15(11-14)35(3,31)32/h6-8,11-12H,4-5,9-10,13,25H2,1-3H3/b17-12-,26-16?. The van der Waals surface area contributed by atoms with Gasteiger partial charge < -0.3 is 15.4 Å². The van der Waals surface area contributed by atoms with Crippen LogP contribution in [0.4, 0.5) is 13.2 Å². The normalized spacial score (nSPS) is 13.3. The Balaban J connectivity index is 2.29. The molecule has 9 nitrogen and oxygen atoms in total. The molecular formula is C21H26F3N5O4S2. The third-order valence-corrected chi connectivity index (χ3v) is 6.58. The van der Waals surface area contributed by atoms with Crippen molar-refractivity contribution in [3.8, 4) is 11.4 Å². The Morgan fingerprint density at radius 1 is 1.29 bits per heavy atom. The molecule has 0 spiro atoms. The quantitative estimate of drug-likeness (QED) is 0.345. The number of aliphatic imine (C=N–C) groups is 1. The van der Waals surface area contributed by atoms with Crippen LogP contribution >= 0.6 is 11.5 Å². The van der Waals surface area contributed by atoms with Gasteiger partial charge in [-0.1, -0.05) is 26.0 Å². The summed E-state index contributed by atoms with van der Waals surface area (Å²) in [4.78, 5) is 22.3. The lowest BCUT2D eigenvalue weighted by Gasteiger charge is -2.17. The second kappa shape index (κ2) is 12.2. The van der Waals surface area contributed by atoms with E-state index in [1.54, 1.807) is 6.07 Å². The number of carbonyl (C=O) groups is 1. The molecule has 0 radical (unpaired) electrons. The van der Waals surface area contributed by atoms with E-state index in [9.17, 15) is 26.4 Å². The van der Waals surface area contributed by atoms with Crippen molar-refractivity contribution in [2.45, 2.75) is 24.9 Å². The van der Waals surface area contributed by atoms with E-state index in [2.05, 4.69) is 14.3 Å². The van der Waals surface area contributed by atoms with Crippen LogP contribution in [-0.2, 0) is 19.4 Å². The molecule has 35 heavy (non-hydrogen) atoms. The first-order valence-electron chi connectivity index (χ1n) is 10.5. The Labute approximate surface area is 205 Å². The van der Waals surface area contributed by atoms with Crippen LogP contribution in [0.25, 0.3) is 11.4 Å². The summed E-state index contributed by atoms with van der Waals surface area (Å²) in [6.45, 7) is 5.58. The number of aromatic nitrogens is 2. The number of rotatable bonds is 11. The molecule has 0 bridgehead atoms. The Kier molecular flexibility index (Phi) is 9.92. The number of hydrogen-bond donors (Lipinski definition) is 1. The highest BCUT2D eigenvalue weighted by atomic mass is 32.2. The van der Waals surface area contributed by atoms with Crippen molar-refractivity contribution in [1.29, 1.82) is 0 Å². The van der Waals surface area contributed by atoms with Crippen LogP contribution in [0.5, 0.6) is 0 Å². The molecule has 1 aromatic heterocycles. The van der Waals surface area contributed by atoms with Gasteiger partial charge in [-0.3, -0.25) is 9.79 Å². The van der Waals surface area contributed by atoms with Crippen LogP contribution in [0.1, 0.15) is 18.9 Å². The zero-order chi connectivity index (χ0) is 26.2. The number of carbonyl (C=O) groups excluding carboxylic acids is 1. The SMILES string of the molecule is CCN(CC)CCOC(=O)CN=C(/C=C(\N)C(F)(F)F)c1nc(-c2cccc(S(C)(=O)=O)c2)ns1. The zero-order valence-electron chi connectivity index (χ0n) is 19.4. The van der Waals surface area contributed by atoms with Crippen LogP contribution in [0, 0.1) is 0 Å². The zero-order valence-corrected chi connectivity index (χ0v) is 21.0. The van der Waals surface area contributed by atoms with Crippen LogP contribution in [-0.4, -0.2) is 79.6 Å². The Morgan fingerprint density at radius 3 is 2.57 bits per heavy atom. The smallest absolute Gasteiger partial charge is 0.430 e. The number of allylic oxidation sites excluding steroid dienone is 2. The fourth-order valence-corrected chi connectivity index (χ4v) is 4.07. The average Bonchev–Trinajstić information content (AvgIpc) is 3.28. The molecule has 2 aromatic rings. The second-order valence-corrected chi connectivity index (χ2v) is 10.0. The number of ether oxygens (including phenoxy) is 1. The van der Waals surface area contributed by atoms with E-state index in [1.807, 2.05) is 18.7 Å². The van der Waals surface area contributed by atoms with Gasteiger partial charge in [-0.2, -0.15) is 17.5 Å². The predicted molar refractivity (Wildman–Crippen MR) is 127 cm³/mol. The number of alkyl halides is 3. The maximum absolute atomic E-state index is 13.0. The van der Waals surface area contributed by atoms with Gasteiger partial charge in [0.15, 0.2) is 20.7 Å². The van der Waals surface area contributed by atoms with E-state index >= 15 is 0 Å². The first kappa shape index (κ1) is 28.4. The molecular weight excluding hydrogens is 507 g/mol. The molecule has 1 heterocycles. The van der Waals surface area contributed by atoms with Gasteiger partial charge in [0.1, 0.15) is 18.8 Å². The molecule has 0 aliphatic rings. The monoisotopic (exact) mass is 533 g/mol. The van der Waals surface area contributed by atoms with Crippen molar-refractivity contribution in [2.75, 3.05) is 39.0 Å². The van der Waals surface area contributed by atoms with Gasteiger partial charge in [0.25, 0.3) is 0 Å². The van der Waals surface area contributed by atoms with Gasteiger partial charge in [0, 0.05) is 18.4 Å². The third kappa shape index (κ3) is 8.71. The number of nitrogens with zero attached hydrogens (tertiary/aromatic N) is 4. The Morgan fingerprint density at radius 2 is 1.97 bits per heavy atom. The molecule has 0 aliphatic carbocycles. The minimum Gasteiger partial charge on any atom is -0.463 e. The van der Waals surface area contributed by atoms with Crippen molar-refractivity contribution >= 4 is 33.1 Å². The van der Waals surface area contributed by atoms with Crippen LogP contribution in [0.2, 0.25) is 0 Å². The van der Waals surface area contributed by atoms with Crippen LogP contribution < -0.4 is 5.73 Å². The summed E-state index contributed by atoms with van der Waals surface area (Å²) in [5.41, 5.74) is 3.76. The minimum atomic E-state index is -4.82. The van der Waals surface area contributed by atoms with Gasteiger partial charge in [0.05, 0.1) is 10.6 Å². The lowest BCUT2D eigenvalue weighted by molar-refractivity contribution is -0.142. The number of nitrogens with two attached hydrogens (primary N) is 1. The molecule has 1 aromatic carbocycles. The van der Waals surface area contributed by atoms with Crippen LogP contribution in [0.3, 0.4) is 0 Å². The lowest BCUT2D eigenvalue weighted by atomic mass is 10.2. The highest BCUT2D eigenvalue weighted by molar-refractivity contribution is 7.90. The van der Waals surface area contributed by atoms with Crippen molar-refractivity contribution in [1.82, 2.24) is 14.3 Å². The summed E-state index contributed by atoms with van der Waals surface area (Å²) < 4.78 is 71.9. The Hall–Kier alpha value is -2.84. The van der Waals surface area contributed by atoms with Gasteiger partial charge in [-0.05, 0) is 42.8 Å². The molecule has 0 aliphatic heterocycles. The molecule has 0 saturated heterocycles. The molecule has 0 unspecified atom stereocenters. The summed E-state index contributed by atoms with van der Waals surface area (Å²) in [5, 5.41) is -0.0344. The van der Waals surface area contributed by atoms with Gasteiger partial charge in [-0.15, -0.1) is 0 Å².